The molecule has 0 radical (unpaired) electrons. The SMILES string of the molecule is O=C(CSc1nnnn1-c1ccc(O)cc1)N1CCN(C(=O)C2COc3ccccc3O2)CC1. The third-order valence-electron chi connectivity index (χ3n) is 5.59. The van der Waals surface area contributed by atoms with Crippen LogP contribution in [0.15, 0.2) is 53.7 Å². The molecule has 1 unspecified atom stereocenters. The number of para-hydroxylation sites is 2. The van der Waals surface area contributed by atoms with Gasteiger partial charge in [-0.3, -0.25) is 9.59 Å². The molecule has 1 saturated heterocycles. The van der Waals surface area contributed by atoms with Crippen LogP contribution in [0.1, 0.15) is 0 Å². The number of fused-ring (bicyclic) bond motifs is 1. The Hall–Kier alpha value is -3.80. The largest absolute Gasteiger partial charge is 0.508 e. The number of nitrogens with zero attached hydrogens (tertiary/aromatic N) is 6. The Bertz CT molecular complexity index is 1180. The second kappa shape index (κ2) is 9.59. The first-order chi connectivity index (χ1) is 16.6. The normalized spacial score (nSPS) is 17.5. The molecule has 1 N–H and O–H groups in total. The molecular weight excluding hydrogens is 460 g/mol. The van der Waals surface area contributed by atoms with E-state index in [-0.39, 0.29) is 29.9 Å². The molecule has 0 spiro atoms. The number of thioether (sulfide) groups is 1. The molecule has 3 aromatic rings. The Morgan fingerprint density at radius 2 is 1.71 bits per heavy atom. The predicted molar refractivity (Wildman–Crippen MR) is 121 cm³/mol. The van der Waals surface area contributed by atoms with Crippen LogP contribution in [-0.4, -0.2) is 91.6 Å². The molecule has 0 saturated carbocycles. The van der Waals surface area contributed by atoms with Crippen molar-refractivity contribution in [2.75, 3.05) is 38.5 Å². The van der Waals surface area contributed by atoms with E-state index in [0.29, 0.717) is 48.5 Å². The predicted octanol–water partition coefficient (Wildman–Crippen LogP) is 0.971. The topological polar surface area (TPSA) is 123 Å². The number of aromatic nitrogens is 4. The summed E-state index contributed by atoms with van der Waals surface area (Å²) in [5.74, 6) is 1.32. The zero-order valence-corrected chi connectivity index (χ0v) is 18.9. The van der Waals surface area contributed by atoms with Gasteiger partial charge in [0.25, 0.3) is 5.91 Å². The molecule has 2 amide bonds. The molecule has 0 aliphatic carbocycles. The van der Waals surface area contributed by atoms with E-state index in [1.54, 1.807) is 40.1 Å². The van der Waals surface area contributed by atoms with Gasteiger partial charge in [-0.05, 0) is 46.8 Å². The average Bonchev–Trinajstić information content (AvgIpc) is 3.36. The smallest absolute Gasteiger partial charge is 0.267 e. The van der Waals surface area contributed by atoms with Crippen LogP contribution >= 0.6 is 11.8 Å². The number of phenols is 1. The van der Waals surface area contributed by atoms with E-state index < -0.39 is 6.10 Å². The maximum absolute atomic E-state index is 12.9. The van der Waals surface area contributed by atoms with Gasteiger partial charge in [0.1, 0.15) is 12.4 Å². The van der Waals surface area contributed by atoms with E-state index in [1.807, 2.05) is 18.2 Å². The quantitative estimate of drug-likeness (QED) is 0.530. The number of tetrazole rings is 1. The van der Waals surface area contributed by atoms with Crippen LogP contribution in [0.4, 0.5) is 0 Å². The number of amides is 2. The molecule has 3 heterocycles. The summed E-state index contributed by atoms with van der Waals surface area (Å²) >= 11 is 1.23. The molecule has 1 fully saturated rings. The molecule has 12 heteroatoms. The molecule has 1 atom stereocenters. The van der Waals surface area contributed by atoms with Crippen molar-refractivity contribution in [2.24, 2.45) is 0 Å². The van der Waals surface area contributed by atoms with Crippen molar-refractivity contribution in [3.8, 4) is 22.9 Å². The monoisotopic (exact) mass is 482 g/mol. The lowest BCUT2D eigenvalue weighted by Gasteiger charge is -2.37. The van der Waals surface area contributed by atoms with Crippen molar-refractivity contribution in [3.63, 3.8) is 0 Å². The molecular formula is C22H22N6O5S. The minimum atomic E-state index is -0.688. The Morgan fingerprint density at radius 3 is 2.47 bits per heavy atom. The van der Waals surface area contributed by atoms with E-state index in [0.717, 1.165) is 0 Å². The molecule has 5 rings (SSSR count). The van der Waals surface area contributed by atoms with Crippen LogP contribution in [0.2, 0.25) is 0 Å². The second-order valence-corrected chi connectivity index (χ2v) is 8.69. The van der Waals surface area contributed by atoms with Gasteiger partial charge in [-0.15, -0.1) is 5.10 Å². The van der Waals surface area contributed by atoms with E-state index in [9.17, 15) is 14.7 Å². The second-order valence-electron chi connectivity index (χ2n) is 7.75. The Labute approximate surface area is 199 Å². The number of phenolic OH excluding ortho intramolecular Hbond substituents is 1. The van der Waals surface area contributed by atoms with Crippen molar-refractivity contribution in [3.05, 3.63) is 48.5 Å². The van der Waals surface area contributed by atoms with Crippen molar-refractivity contribution < 1.29 is 24.2 Å². The molecule has 2 aliphatic rings. The van der Waals surface area contributed by atoms with Crippen LogP contribution in [0.25, 0.3) is 5.69 Å². The van der Waals surface area contributed by atoms with Gasteiger partial charge in [-0.2, -0.15) is 4.68 Å². The highest BCUT2D eigenvalue weighted by molar-refractivity contribution is 7.99. The summed E-state index contributed by atoms with van der Waals surface area (Å²) < 4.78 is 13.0. The van der Waals surface area contributed by atoms with Gasteiger partial charge >= 0.3 is 0 Å². The van der Waals surface area contributed by atoms with Gasteiger partial charge in [0.15, 0.2) is 11.5 Å². The number of aromatic hydroxyl groups is 1. The average molecular weight is 483 g/mol. The summed E-state index contributed by atoms with van der Waals surface area (Å²) in [6, 6.07) is 13.7. The third kappa shape index (κ3) is 4.62. The first kappa shape index (κ1) is 22.0. The maximum Gasteiger partial charge on any atom is 0.267 e. The minimum absolute atomic E-state index is 0.0523. The van der Waals surface area contributed by atoms with Crippen LogP contribution in [0.5, 0.6) is 17.2 Å². The fourth-order valence-corrected chi connectivity index (χ4v) is 4.56. The lowest BCUT2D eigenvalue weighted by molar-refractivity contribution is -0.145. The number of carbonyl (C=O) groups excluding carboxylic acids is 2. The van der Waals surface area contributed by atoms with Gasteiger partial charge in [-0.1, -0.05) is 23.9 Å². The maximum atomic E-state index is 12.9. The summed E-state index contributed by atoms with van der Waals surface area (Å²) in [6.45, 7) is 1.92. The van der Waals surface area contributed by atoms with Crippen LogP contribution in [0.3, 0.4) is 0 Å². The molecule has 2 aliphatic heterocycles. The zero-order valence-electron chi connectivity index (χ0n) is 18.1. The number of carbonyl (C=O) groups is 2. The molecule has 2 aromatic carbocycles. The number of piperazine rings is 1. The van der Waals surface area contributed by atoms with Gasteiger partial charge < -0.3 is 24.4 Å². The summed E-state index contributed by atoms with van der Waals surface area (Å²) in [6.07, 6.45) is -0.688. The van der Waals surface area contributed by atoms with Crippen molar-refractivity contribution in [1.82, 2.24) is 30.0 Å². The molecule has 11 nitrogen and oxygen atoms in total. The highest BCUT2D eigenvalue weighted by atomic mass is 32.2. The van der Waals surface area contributed by atoms with Crippen LogP contribution in [0, 0.1) is 0 Å². The third-order valence-corrected chi connectivity index (χ3v) is 6.49. The van der Waals surface area contributed by atoms with Crippen molar-refractivity contribution >= 4 is 23.6 Å². The minimum Gasteiger partial charge on any atom is -0.508 e. The molecule has 0 bridgehead atoms. The van der Waals surface area contributed by atoms with Gasteiger partial charge in [-0.25, -0.2) is 0 Å². The van der Waals surface area contributed by atoms with Crippen LogP contribution < -0.4 is 9.47 Å². The number of hydrogen-bond acceptors (Lipinski definition) is 9. The van der Waals surface area contributed by atoms with E-state index >= 15 is 0 Å². The summed E-state index contributed by atoms with van der Waals surface area (Å²) in [7, 11) is 0. The number of ether oxygens (including phenoxy) is 2. The van der Waals surface area contributed by atoms with Gasteiger partial charge in [0.05, 0.1) is 11.4 Å². The Kier molecular flexibility index (Phi) is 6.21. The van der Waals surface area contributed by atoms with Gasteiger partial charge in [0.2, 0.25) is 17.2 Å². The number of benzene rings is 2. The first-order valence-electron chi connectivity index (χ1n) is 10.7. The summed E-state index contributed by atoms with van der Waals surface area (Å²) in [4.78, 5) is 29.1. The first-order valence-corrected chi connectivity index (χ1v) is 11.7. The molecule has 176 valence electrons. The zero-order chi connectivity index (χ0) is 23.5. The standard InChI is InChI=1S/C22H22N6O5S/c29-16-7-5-15(6-8-16)28-22(23-24-25-28)34-14-20(30)26-9-11-27(12-10-26)21(31)19-13-32-17-3-1-2-4-18(17)33-19/h1-8,19,29H,9-14H2. The fourth-order valence-electron chi connectivity index (χ4n) is 3.76. The highest BCUT2D eigenvalue weighted by Crippen LogP contribution is 2.31. The van der Waals surface area contributed by atoms with E-state index in [4.69, 9.17) is 9.47 Å². The molecule has 1 aromatic heterocycles. The van der Waals surface area contributed by atoms with Crippen molar-refractivity contribution in [1.29, 1.82) is 0 Å². The Morgan fingerprint density at radius 1 is 1.00 bits per heavy atom. The number of hydrogen-bond donors (Lipinski definition) is 1. The highest BCUT2D eigenvalue weighted by Gasteiger charge is 2.33. The number of rotatable bonds is 5. The summed E-state index contributed by atoms with van der Waals surface area (Å²) in [5.41, 5.74) is 0.682. The van der Waals surface area contributed by atoms with Crippen molar-refractivity contribution in [2.45, 2.75) is 11.3 Å². The fraction of sp³-hybridized carbons (Fsp3) is 0.318. The lowest BCUT2D eigenvalue weighted by Crippen LogP contribution is -2.55. The Balaban J connectivity index is 1.12. The van der Waals surface area contributed by atoms with E-state index in [1.165, 1.54) is 16.4 Å². The lowest BCUT2D eigenvalue weighted by atomic mass is 10.2. The van der Waals surface area contributed by atoms with E-state index in [2.05, 4.69) is 15.5 Å². The van der Waals surface area contributed by atoms with Crippen LogP contribution in [-0.2, 0) is 9.59 Å². The van der Waals surface area contributed by atoms with Gasteiger partial charge in [0, 0.05) is 26.2 Å². The summed E-state index contributed by atoms with van der Waals surface area (Å²) in [5, 5.41) is 21.6. The molecule has 34 heavy (non-hydrogen) atoms.